The van der Waals surface area contributed by atoms with Crippen LogP contribution < -0.4 is 35.2 Å². The van der Waals surface area contributed by atoms with Crippen LogP contribution in [0.15, 0.2) is 411 Å². The topological polar surface area (TPSA) is 65.0 Å². The number of para-hydroxylation sites is 11. The maximum atomic E-state index is 15.3. The first-order valence-electron chi connectivity index (χ1n) is 38.5. The predicted molar refractivity (Wildman–Crippen MR) is 461 cm³/mol. The average molecular weight is 1470 g/mol. The van der Waals surface area contributed by atoms with E-state index in [0.717, 1.165) is 161 Å². The van der Waals surface area contributed by atoms with E-state index in [1.807, 2.05) is 84.9 Å². The fraction of sp³-hybridized carbons (Fsp3) is 0.0192. The zero-order valence-electron chi connectivity index (χ0n) is 61.1. The lowest BCUT2D eigenvalue weighted by atomic mass is 9.61. The maximum Gasteiger partial charge on any atom is 0.171 e. The molecule has 0 radical (unpaired) electrons. The van der Waals surface area contributed by atoms with E-state index in [2.05, 4.69) is 340 Å². The van der Waals surface area contributed by atoms with E-state index in [9.17, 15) is 0 Å². The van der Waals surface area contributed by atoms with Crippen LogP contribution in [-0.2, 0) is 15.4 Å². The largest absolute Gasteiger partial charge is 0.457 e. The van der Waals surface area contributed by atoms with Crippen LogP contribution in [0.5, 0.6) is 23.0 Å². The smallest absolute Gasteiger partial charge is 0.171 e. The summed E-state index contributed by atoms with van der Waals surface area (Å²) in [5, 5.41) is 9.30. The van der Waals surface area contributed by atoms with E-state index in [4.69, 9.17) is 13.9 Å². The van der Waals surface area contributed by atoms with Gasteiger partial charge in [0.1, 0.15) is 34.2 Å². The van der Waals surface area contributed by atoms with Gasteiger partial charge in [-0.1, -0.05) is 261 Å². The van der Waals surface area contributed by atoms with Gasteiger partial charge >= 0.3 is 0 Å². The fourth-order valence-electron chi connectivity index (χ4n) is 19.3. The highest BCUT2D eigenvalue weighted by Gasteiger charge is 2.54. The number of hydrogen-bond acceptors (Lipinski definition) is 6. The summed E-state index contributed by atoms with van der Waals surface area (Å²) in [6, 6.07) is 143. The van der Waals surface area contributed by atoms with Gasteiger partial charge in [0.2, 0.25) is 0 Å². The highest BCUT2D eigenvalue weighted by molar-refractivity contribution is 7.85. The van der Waals surface area contributed by atoms with Crippen molar-refractivity contribution in [3.63, 3.8) is 0 Å². The van der Waals surface area contributed by atoms with Gasteiger partial charge in [-0.3, -0.25) is 0 Å². The van der Waals surface area contributed by atoms with Crippen LogP contribution in [0, 0.1) is 0 Å². The molecule has 0 bridgehead atoms. The summed E-state index contributed by atoms with van der Waals surface area (Å²) < 4.78 is 40.3. The SMILES string of the molecule is O=P(c1ccccc1)(c1ccccc1)c1ccc(-n2c3ccccc3c3cc4c(cc32)Oc2ccccc2C42c3ccccc3N(c3ccccc3)c3ccccc32)cc1.c1ccc(N2c3ccccc3C3(c4ccccc4Oc4cc5c(cc43)c3ccccc3n5-c3ccc4oc5ccccc5c4c3)c3ccccc32)cc1. The number of fused-ring (bicyclic) bond motifs is 25. The number of rotatable bonds is 7. The summed E-state index contributed by atoms with van der Waals surface area (Å²) in [4.78, 5) is 4.81. The van der Waals surface area contributed by atoms with Gasteiger partial charge in [0.05, 0.1) is 55.6 Å². The Kier molecular flexibility index (Phi) is 14.3. The Morgan fingerprint density at radius 3 is 1.03 bits per heavy atom. The van der Waals surface area contributed by atoms with E-state index in [-0.39, 0.29) is 0 Å². The molecule has 17 aromatic carbocycles. The maximum absolute atomic E-state index is 15.3. The zero-order chi connectivity index (χ0) is 74.5. The third kappa shape index (κ3) is 9.30. The van der Waals surface area contributed by atoms with Crippen molar-refractivity contribution in [3.05, 3.63) is 451 Å². The van der Waals surface area contributed by atoms with Gasteiger partial charge in [0, 0.05) is 105 Å². The van der Waals surface area contributed by atoms with Crippen molar-refractivity contribution in [1.29, 1.82) is 0 Å². The van der Waals surface area contributed by atoms with Gasteiger partial charge in [-0.15, -0.1) is 0 Å². The van der Waals surface area contributed by atoms with Crippen molar-refractivity contribution in [2.75, 3.05) is 9.80 Å². The molecule has 0 saturated carbocycles. The van der Waals surface area contributed by atoms with Crippen LogP contribution in [0.1, 0.15) is 44.5 Å². The van der Waals surface area contributed by atoms with E-state index >= 15 is 4.57 Å². The molecule has 8 nitrogen and oxygen atoms in total. The van der Waals surface area contributed by atoms with Crippen LogP contribution in [0.4, 0.5) is 34.1 Å². The molecule has 3 aromatic heterocycles. The number of anilines is 6. The molecule has 0 N–H and O–H groups in total. The summed E-state index contributed by atoms with van der Waals surface area (Å²) in [7, 11) is -3.15. The van der Waals surface area contributed by atoms with Crippen LogP contribution in [-0.4, -0.2) is 9.13 Å². The molecule has 9 heteroatoms. The lowest BCUT2D eigenvalue weighted by Crippen LogP contribution is -2.39. The minimum atomic E-state index is -3.15. The number of hydrogen-bond donors (Lipinski definition) is 0. The molecule has 0 unspecified atom stereocenters. The minimum Gasteiger partial charge on any atom is -0.457 e. The molecule has 0 amide bonds. The first-order valence-corrected chi connectivity index (χ1v) is 40.2. The highest BCUT2D eigenvalue weighted by Crippen LogP contribution is 2.66. The van der Waals surface area contributed by atoms with Crippen molar-refractivity contribution in [1.82, 2.24) is 9.13 Å². The Hall–Kier alpha value is -14.4. The Morgan fingerprint density at radius 1 is 0.221 bits per heavy atom. The Morgan fingerprint density at radius 2 is 0.566 bits per heavy atom. The third-order valence-corrected chi connectivity index (χ3v) is 27.0. The number of furan rings is 1. The molecule has 0 atom stereocenters. The van der Waals surface area contributed by atoms with E-state index in [1.165, 1.54) is 33.0 Å². The molecule has 0 saturated heterocycles. The second-order valence-corrected chi connectivity index (χ2v) is 32.4. The Labute approximate surface area is 652 Å². The molecule has 0 fully saturated rings. The van der Waals surface area contributed by atoms with Gasteiger partial charge in [-0.25, -0.2) is 0 Å². The van der Waals surface area contributed by atoms with Gasteiger partial charge in [0.25, 0.3) is 0 Å². The quantitative estimate of drug-likeness (QED) is 0.148. The van der Waals surface area contributed by atoms with Crippen molar-refractivity contribution < 1.29 is 18.5 Å². The summed E-state index contributed by atoms with van der Waals surface area (Å²) in [6.07, 6.45) is 0. The second-order valence-electron chi connectivity index (χ2n) is 29.6. The highest BCUT2D eigenvalue weighted by atomic mass is 31.2. The molecule has 2 spiro atoms. The second kappa shape index (κ2) is 25.1. The van der Waals surface area contributed by atoms with Gasteiger partial charge < -0.3 is 37.4 Å². The third-order valence-electron chi connectivity index (χ3n) is 23.9. The molecule has 24 rings (SSSR count). The van der Waals surface area contributed by atoms with Crippen molar-refractivity contribution in [2.24, 2.45) is 0 Å². The fourth-order valence-corrected chi connectivity index (χ4v) is 22.0. The van der Waals surface area contributed by atoms with Crippen molar-refractivity contribution in [3.8, 4) is 34.4 Å². The number of ether oxygens (including phenoxy) is 2. The molecule has 532 valence electrons. The van der Waals surface area contributed by atoms with E-state index in [0.29, 0.717) is 0 Å². The average Bonchev–Trinajstić information content (AvgIpc) is 1.51. The van der Waals surface area contributed by atoms with Crippen LogP contribution in [0.2, 0.25) is 0 Å². The van der Waals surface area contributed by atoms with Crippen LogP contribution in [0.3, 0.4) is 0 Å². The summed E-state index contributed by atoms with van der Waals surface area (Å²) in [6.45, 7) is 0. The number of benzene rings is 17. The van der Waals surface area contributed by atoms with E-state index in [1.54, 1.807) is 0 Å². The summed E-state index contributed by atoms with van der Waals surface area (Å²) in [5.74, 6) is 3.38. The van der Waals surface area contributed by atoms with Gasteiger partial charge in [-0.05, 0) is 156 Å². The Balaban J connectivity index is 0.000000135. The zero-order valence-corrected chi connectivity index (χ0v) is 61.9. The van der Waals surface area contributed by atoms with Crippen molar-refractivity contribution in [2.45, 2.75) is 10.8 Å². The monoisotopic (exact) mass is 1470 g/mol. The molecule has 4 aliphatic rings. The minimum absolute atomic E-state index is 0.644. The summed E-state index contributed by atoms with van der Waals surface area (Å²) >= 11 is 0. The Bertz CT molecular complexity index is 7170. The lowest BCUT2D eigenvalue weighted by molar-refractivity contribution is 0.434. The molecule has 113 heavy (non-hydrogen) atoms. The van der Waals surface area contributed by atoms with Crippen LogP contribution in [0.25, 0.3) is 76.9 Å². The lowest BCUT2D eigenvalue weighted by Gasteiger charge is -2.48. The number of aromatic nitrogens is 2. The van der Waals surface area contributed by atoms with Gasteiger partial charge in [0.15, 0.2) is 7.14 Å². The molecule has 0 aliphatic carbocycles. The normalized spacial score (nSPS) is 13.8. The van der Waals surface area contributed by atoms with Crippen LogP contribution >= 0.6 is 7.14 Å². The molecular formula is C104H67N4O4P. The summed E-state index contributed by atoms with van der Waals surface area (Å²) in [5.41, 5.74) is 23.0. The van der Waals surface area contributed by atoms with Gasteiger partial charge in [-0.2, -0.15) is 0 Å². The standard InChI is InChI=1S/C55H37N2O2P.C49H30N2O2/c58-60(40-20-6-2-7-21-40,41-22-8-3-9-23-41)42-34-32-39(33-35-42)56-49-28-14-10-24-43(49)44-36-48-54(37-52(44)56)59-53-31-17-13-27-47(53)55(48)45-25-11-15-29-50(45)57(38-18-4-1-5-19-38)51-30-16-12-26-46(51)55;1-2-14-31(15-3-1)50-42-22-10-6-18-37(42)49(38-19-7-11-23-43(38)50)39-20-8-13-25-47(39)53-48-30-44-35(29-40(48)49)33-16-4-9-21-41(33)51(44)32-26-27-46-36(28-32)34-17-5-12-24-45(34)52-46/h1-37H;1-30H. The molecule has 20 aromatic rings. The number of nitrogens with zero attached hydrogens (tertiary/aromatic N) is 4. The van der Waals surface area contributed by atoms with Crippen molar-refractivity contribution >= 4 is 123 Å². The molecule has 4 aliphatic heterocycles. The first-order chi connectivity index (χ1) is 55.9. The predicted octanol–water partition coefficient (Wildman–Crippen LogP) is 25.6. The molecule has 7 heterocycles. The van der Waals surface area contributed by atoms with E-state index < -0.39 is 18.0 Å². The molecular weight excluding hydrogens is 1400 g/mol. The first kappa shape index (κ1) is 64.6.